The van der Waals surface area contributed by atoms with Crippen molar-refractivity contribution < 1.29 is 19.4 Å². The fourth-order valence-electron chi connectivity index (χ4n) is 1.37. The molecule has 62 valence electrons. The first-order valence-corrected chi connectivity index (χ1v) is 5.38. The summed E-state index contributed by atoms with van der Waals surface area (Å²) in [6.07, 6.45) is 5.85. The molecule has 1 atom stereocenters. The van der Waals surface area contributed by atoms with E-state index in [2.05, 4.69) is 12.6 Å². The molecule has 0 aromatic rings. The number of nitriles is 1. The number of hydrogen-bond acceptors (Lipinski definition) is 1. The van der Waals surface area contributed by atoms with Crippen molar-refractivity contribution in [1.82, 2.24) is 0 Å². The van der Waals surface area contributed by atoms with Crippen molar-refractivity contribution in [2.45, 2.75) is 19.8 Å². The summed E-state index contributed by atoms with van der Waals surface area (Å²) >= 11 is 1.42. The first-order valence-electron chi connectivity index (χ1n) is 3.92. The maximum atomic E-state index is 8.97. The summed E-state index contributed by atoms with van der Waals surface area (Å²) in [7, 11) is 0. The SMILES string of the molecule is C=CC=C1CCC(C)(C#N)[C]1=[W]. The third-order valence-corrected chi connectivity index (χ3v) is 4.81. The van der Waals surface area contributed by atoms with Crippen LogP contribution in [0.2, 0.25) is 0 Å². The first kappa shape index (κ1) is 9.62. The average molecular weight is 329 g/mol. The van der Waals surface area contributed by atoms with Crippen molar-refractivity contribution in [2.75, 3.05) is 0 Å². The van der Waals surface area contributed by atoms with Crippen LogP contribution in [0.1, 0.15) is 19.8 Å². The van der Waals surface area contributed by atoms with Gasteiger partial charge in [-0.3, -0.25) is 0 Å². The summed E-state index contributed by atoms with van der Waals surface area (Å²) in [6.45, 7) is 5.70. The van der Waals surface area contributed by atoms with Crippen molar-refractivity contribution in [3.63, 3.8) is 0 Å². The molecule has 0 heterocycles. The molecule has 2 heteroatoms. The van der Waals surface area contributed by atoms with E-state index in [-0.39, 0.29) is 5.41 Å². The molecule has 12 heavy (non-hydrogen) atoms. The van der Waals surface area contributed by atoms with Gasteiger partial charge in [0, 0.05) is 0 Å². The van der Waals surface area contributed by atoms with Gasteiger partial charge >= 0.3 is 84.1 Å². The molecule has 0 aromatic heterocycles. The van der Waals surface area contributed by atoms with E-state index in [0.29, 0.717) is 0 Å². The third kappa shape index (κ3) is 1.50. The van der Waals surface area contributed by atoms with Crippen LogP contribution < -0.4 is 0 Å². The molecule has 1 aliphatic rings. The molecule has 0 amide bonds. The number of rotatable bonds is 1. The summed E-state index contributed by atoms with van der Waals surface area (Å²) in [5.41, 5.74) is 1.13. The molecule has 0 bridgehead atoms. The van der Waals surface area contributed by atoms with Crippen molar-refractivity contribution in [3.8, 4) is 6.07 Å². The monoisotopic (exact) mass is 329 g/mol. The predicted octanol–water partition coefficient (Wildman–Crippen LogP) is 2.14. The topological polar surface area (TPSA) is 23.8 Å². The minimum absolute atomic E-state index is 0.190. The van der Waals surface area contributed by atoms with E-state index < -0.39 is 0 Å². The Hall–Kier alpha value is -0.472. The van der Waals surface area contributed by atoms with Gasteiger partial charge in [0.1, 0.15) is 0 Å². The van der Waals surface area contributed by atoms with Gasteiger partial charge in [0.15, 0.2) is 0 Å². The van der Waals surface area contributed by atoms with E-state index in [9.17, 15) is 0 Å². The molecule has 0 radical (unpaired) electrons. The number of allylic oxidation sites excluding steroid dienone is 3. The van der Waals surface area contributed by atoms with Gasteiger partial charge in [-0.2, -0.15) is 0 Å². The van der Waals surface area contributed by atoms with E-state index in [4.69, 9.17) is 5.26 Å². The Labute approximate surface area is 84.2 Å². The summed E-state index contributed by atoms with van der Waals surface area (Å²) in [5, 5.41) is 8.97. The van der Waals surface area contributed by atoms with Gasteiger partial charge in [0.25, 0.3) is 0 Å². The van der Waals surface area contributed by atoms with E-state index in [1.165, 1.54) is 28.8 Å². The van der Waals surface area contributed by atoms with Gasteiger partial charge in [-0.25, -0.2) is 0 Å². The summed E-state index contributed by atoms with van der Waals surface area (Å²) in [5.74, 6) is 0. The van der Waals surface area contributed by atoms with Gasteiger partial charge in [-0.15, -0.1) is 0 Å². The van der Waals surface area contributed by atoms with Gasteiger partial charge in [-0.1, -0.05) is 0 Å². The van der Waals surface area contributed by atoms with Gasteiger partial charge in [0.2, 0.25) is 0 Å². The fraction of sp³-hybridized carbons (Fsp3) is 0.400. The Morgan fingerprint density at radius 2 is 2.42 bits per heavy atom. The normalized spacial score (nSPS) is 32.0. The van der Waals surface area contributed by atoms with E-state index >= 15 is 0 Å². The standard InChI is InChI=1S/C10H11N.W/c1-3-4-9-5-6-10(2,7-9)8-11;/h3-4H,1,5-6H2,2H3;. The van der Waals surface area contributed by atoms with Crippen molar-refractivity contribution >= 4 is 3.90 Å². The molecule has 1 aliphatic carbocycles. The molecular weight excluding hydrogens is 318 g/mol. The quantitative estimate of drug-likeness (QED) is 0.723. The van der Waals surface area contributed by atoms with Crippen molar-refractivity contribution in [1.29, 1.82) is 5.26 Å². The zero-order valence-electron chi connectivity index (χ0n) is 7.13. The van der Waals surface area contributed by atoms with E-state index in [0.717, 1.165) is 12.8 Å². The van der Waals surface area contributed by atoms with Gasteiger partial charge in [-0.05, 0) is 0 Å². The first-order chi connectivity index (χ1) is 5.64. The number of nitrogens with zero attached hydrogens (tertiary/aromatic N) is 1. The Bertz CT molecular complexity index is 295. The molecule has 0 N–H and O–H groups in total. The fourth-order valence-corrected chi connectivity index (χ4v) is 2.52. The van der Waals surface area contributed by atoms with Crippen LogP contribution in [-0.4, -0.2) is 3.90 Å². The van der Waals surface area contributed by atoms with Crippen molar-refractivity contribution in [3.05, 3.63) is 24.3 Å². The maximum absolute atomic E-state index is 8.97. The Balaban J connectivity index is 2.97. The molecule has 1 saturated carbocycles. The van der Waals surface area contributed by atoms with Gasteiger partial charge < -0.3 is 0 Å². The zero-order chi connectivity index (χ0) is 9.19. The second-order valence-electron chi connectivity index (χ2n) is 3.20. The zero-order valence-corrected chi connectivity index (χ0v) is 10.1. The van der Waals surface area contributed by atoms with E-state index in [1.54, 1.807) is 6.08 Å². The van der Waals surface area contributed by atoms with Crippen LogP contribution in [0.5, 0.6) is 0 Å². The Kier molecular flexibility index (Phi) is 2.80. The van der Waals surface area contributed by atoms with Crippen LogP contribution in [0.15, 0.2) is 24.3 Å². The molecule has 1 fully saturated rings. The van der Waals surface area contributed by atoms with Crippen LogP contribution in [0.3, 0.4) is 0 Å². The summed E-state index contributed by atoms with van der Waals surface area (Å²) < 4.78 is 1.30. The number of hydrogen-bond donors (Lipinski definition) is 0. The molecular formula is C10H11NW. The van der Waals surface area contributed by atoms with Gasteiger partial charge in [0.05, 0.1) is 0 Å². The molecule has 1 unspecified atom stereocenters. The Morgan fingerprint density at radius 3 is 2.83 bits per heavy atom. The van der Waals surface area contributed by atoms with E-state index in [1.807, 2.05) is 13.0 Å². The van der Waals surface area contributed by atoms with Crippen molar-refractivity contribution in [2.24, 2.45) is 5.41 Å². The van der Waals surface area contributed by atoms with Crippen LogP contribution in [0.25, 0.3) is 0 Å². The van der Waals surface area contributed by atoms with Crippen LogP contribution in [-0.2, 0) is 19.4 Å². The Morgan fingerprint density at radius 1 is 1.75 bits per heavy atom. The molecule has 0 aliphatic heterocycles. The van der Waals surface area contributed by atoms with Crippen LogP contribution in [0, 0.1) is 16.7 Å². The molecule has 1 rings (SSSR count). The summed E-state index contributed by atoms with van der Waals surface area (Å²) in [6, 6.07) is 2.39. The second-order valence-corrected chi connectivity index (χ2v) is 4.67. The second kappa shape index (κ2) is 3.50. The molecule has 0 spiro atoms. The molecule has 0 aromatic carbocycles. The molecule has 0 saturated heterocycles. The third-order valence-electron chi connectivity index (χ3n) is 2.25. The predicted molar refractivity (Wildman–Crippen MR) is 46.2 cm³/mol. The van der Waals surface area contributed by atoms with Crippen LogP contribution >= 0.6 is 0 Å². The summed E-state index contributed by atoms with van der Waals surface area (Å²) in [4.78, 5) is 0. The van der Waals surface area contributed by atoms with Crippen LogP contribution in [0.4, 0.5) is 0 Å². The minimum atomic E-state index is -0.190. The molecule has 1 nitrogen and oxygen atoms in total. The average Bonchev–Trinajstić information content (AvgIpc) is 2.35.